The van der Waals surface area contributed by atoms with Gasteiger partial charge in [-0.15, -0.1) is 0 Å². The molecule has 1 unspecified atom stereocenters. The number of hydrogen-bond donors (Lipinski definition) is 2. The summed E-state index contributed by atoms with van der Waals surface area (Å²) >= 11 is 1.54. The third kappa shape index (κ3) is 3.97. The fraction of sp³-hybridized carbons (Fsp3) is 0.500. The van der Waals surface area contributed by atoms with E-state index in [1.165, 1.54) is 24.3 Å². The van der Waals surface area contributed by atoms with Crippen LogP contribution in [0.1, 0.15) is 17.3 Å². The number of amides is 1. The third-order valence-corrected chi connectivity index (χ3v) is 2.78. The summed E-state index contributed by atoms with van der Waals surface area (Å²) in [6.45, 7) is 1.93. The predicted octanol–water partition coefficient (Wildman–Crippen LogP) is 1.12. The van der Waals surface area contributed by atoms with E-state index in [9.17, 15) is 9.90 Å². The Morgan fingerprint density at radius 2 is 2.47 bits per heavy atom. The van der Waals surface area contributed by atoms with Gasteiger partial charge in [0.2, 0.25) is 0 Å². The normalized spacial score (nSPS) is 14.6. The Bertz CT molecular complexity index is 308. The molecule has 0 bridgehead atoms. The second-order valence-corrected chi connectivity index (χ2v) is 4.49. The first-order valence-electron chi connectivity index (χ1n) is 4.57. The van der Waals surface area contributed by atoms with E-state index in [1.807, 2.05) is 6.26 Å². The lowest BCUT2D eigenvalue weighted by atomic mass is 10.1. The molecule has 1 rings (SSSR count). The van der Waals surface area contributed by atoms with Gasteiger partial charge in [0, 0.05) is 12.3 Å². The van der Waals surface area contributed by atoms with Crippen molar-refractivity contribution in [1.82, 2.24) is 5.32 Å². The molecule has 15 heavy (non-hydrogen) atoms. The van der Waals surface area contributed by atoms with Crippen molar-refractivity contribution in [3.05, 3.63) is 24.2 Å². The average Bonchev–Trinajstić information content (AvgIpc) is 2.67. The number of aliphatic hydroxyl groups is 1. The quantitative estimate of drug-likeness (QED) is 0.794. The molecule has 1 heterocycles. The topological polar surface area (TPSA) is 62.5 Å². The standard InChI is InChI=1S/C10H15NO3S/c1-10(13,7-15-2)6-11-9(12)8-3-4-14-5-8/h3-5,13H,6-7H2,1-2H3,(H,11,12). The van der Waals surface area contributed by atoms with Gasteiger partial charge in [0.15, 0.2) is 0 Å². The van der Waals surface area contributed by atoms with Gasteiger partial charge in [0.25, 0.3) is 5.91 Å². The van der Waals surface area contributed by atoms with Gasteiger partial charge in [-0.25, -0.2) is 0 Å². The summed E-state index contributed by atoms with van der Waals surface area (Å²) in [5.41, 5.74) is -0.409. The van der Waals surface area contributed by atoms with E-state index >= 15 is 0 Å². The summed E-state index contributed by atoms with van der Waals surface area (Å²) in [5.74, 6) is 0.351. The fourth-order valence-electron chi connectivity index (χ4n) is 1.13. The van der Waals surface area contributed by atoms with Crippen LogP contribution in [-0.2, 0) is 0 Å². The summed E-state index contributed by atoms with van der Waals surface area (Å²) < 4.78 is 4.79. The van der Waals surface area contributed by atoms with Crippen molar-refractivity contribution in [2.75, 3.05) is 18.6 Å². The van der Waals surface area contributed by atoms with E-state index in [2.05, 4.69) is 5.32 Å². The number of carbonyl (C=O) groups excluding carboxylic acids is 1. The molecule has 0 aliphatic carbocycles. The van der Waals surface area contributed by atoms with Crippen LogP contribution in [0.4, 0.5) is 0 Å². The van der Waals surface area contributed by atoms with Gasteiger partial charge < -0.3 is 14.8 Å². The Balaban J connectivity index is 2.40. The van der Waals surface area contributed by atoms with Gasteiger partial charge >= 0.3 is 0 Å². The average molecular weight is 229 g/mol. The Hall–Kier alpha value is -0.940. The molecule has 1 aromatic rings. The van der Waals surface area contributed by atoms with E-state index in [0.29, 0.717) is 11.3 Å². The van der Waals surface area contributed by atoms with Crippen LogP contribution in [0.5, 0.6) is 0 Å². The molecule has 1 aromatic heterocycles. The highest BCUT2D eigenvalue weighted by atomic mass is 32.2. The second kappa shape index (κ2) is 5.23. The molecular formula is C10H15NO3S. The molecule has 5 heteroatoms. The molecule has 0 aliphatic rings. The zero-order valence-electron chi connectivity index (χ0n) is 8.82. The highest BCUT2D eigenvalue weighted by molar-refractivity contribution is 7.98. The lowest BCUT2D eigenvalue weighted by Gasteiger charge is -2.22. The fourth-order valence-corrected chi connectivity index (χ4v) is 1.85. The molecule has 0 saturated carbocycles. The minimum atomic E-state index is -0.876. The van der Waals surface area contributed by atoms with Crippen LogP contribution in [-0.4, -0.2) is 35.2 Å². The first kappa shape index (κ1) is 12.1. The van der Waals surface area contributed by atoms with Crippen molar-refractivity contribution in [1.29, 1.82) is 0 Å². The van der Waals surface area contributed by atoms with Crippen LogP contribution in [0.15, 0.2) is 23.0 Å². The number of hydrogen-bond acceptors (Lipinski definition) is 4. The predicted molar refractivity (Wildman–Crippen MR) is 60.0 cm³/mol. The van der Waals surface area contributed by atoms with Gasteiger partial charge in [-0.3, -0.25) is 4.79 Å². The second-order valence-electron chi connectivity index (χ2n) is 3.62. The van der Waals surface area contributed by atoms with E-state index in [-0.39, 0.29) is 12.5 Å². The van der Waals surface area contributed by atoms with Gasteiger partial charge in [-0.1, -0.05) is 0 Å². The van der Waals surface area contributed by atoms with Crippen molar-refractivity contribution in [3.63, 3.8) is 0 Å². The Labute approximate surface area is 93.0 Å². The number of thioether (sulfide) groups is 1. The molecular weight excluding hydrogens is 214 g/mol. The third-order valence-electron chi connectivity index (χ3n) is 1.87. The summed E-state index contributed by atoms with van der Waals surface area (Å²) in [6, 6.07) is 1.58. The number of carbonyl (C=O) groups is 1. The molecule has 0 radical (unpaired) electrons. The van der Waals surface area contributed by atoms with E-state index in [0.717, 1.165) is 0 Å². The first-order chi connectivity index (χ1) is 7.05. The summed E-state index contributed by atoms with van der Waals surface area (Å²) in [7, 11) is 0. The highest BCUT2D eigenvalue weighted by Gasteiger charge is 2.20. The monoisotopic (exact) mass is 229 g/mol. The molecule has 0 spiro atoms. The van der Waals surface area contributed by atoms with Crippen molar-refractivity contribution in [2.45, 2.75) is 12.5 Å². The van der Waals surface area contributed by atoms with E-state index < -0.39 is 5.60 Å². The molecule has 1 amide bonds. The molecule has 1 atom stereocenters. The van der Waals surface area contributed by atoms with E-state index in [4.69, 9.17) is 4.42 Å². The maximum Gasteiger partial charge on any atom is 0.254 e. The molecule has 0 saturated heterocycles. The number of nitrogens with one attached hydrogen (secondary N) is 1. The molecule has 0 fully saturated rings. The van der Waals surface area contributed by atoms with Crippen LogP contribution >= 0.6 is 11.8 Å². The molecule has 0 aliphatic heterocycles. The summed E-state index contributed by atoms with van der Waals surface area (Å²) in [5, 5.41) is 12.4. The Morgan fingerprint density at radius 3 is 3.00 bits per heavy atom. The molecule has 84 valence electrons. The largest absolute Gasteiger partial charge is 0.472 e. The number of furan rings is 1. The first-order valence-corrected chi connectivity index (χ1v) is 5.96. The van der Waals surface area contributed by atoms with E-state index in [1.54, 1.807) is 13.0 Å². The van der Waals surface area contributed by atoms with Crippen LogP contribution in [0.25, 0.3) is 0 Å². The lowest BCUT2D eigenvalue weighted by Crippen LogP contribution is -2.42. The van der Waals surface area contributed by atoms with Crippen LogP contribution in [0.2, 0.25) is 0 Å². The van der Waals surface area contributed by atoms with Crippen LogP contribution in [0, 0.1) is 0 Å². The van der Waals surface area contributed by atoms with Crippen LogP contribution in [0.3, 0.4) is 0 Å². The number of rotatable bonds is 5. The minimum Gasteiger partial charge on any atom is -0.472 e. The highest BCUT2D eigenvalue weighted by Crippen LogP contribution is 2.09. The van der Waals surface area contributed by atoms with Crippen LogP contribution < -0.4 is 5.32 Å². The van der Waals surface area contributed by atoms with Crippen molar-refractivity contribution >= 4 is 17.7 Å². The van der Waals surface area contributed by atoms with Gasteiger partial charge in [0.05, 0.1) is 17.4 Å². The molecule has 0 aromatic carbocycles. The summed E-state index contributed by atoms with van der Waals surface area (Å²) in [6.07, 6.45) is 4.72. The zero-order chi connectivity index (χ0) is 11.3. The molecule has 2 N–H and O–H groups in total. The van der Waals surface area contributed by atoms with Crippen molar-refractivity contribution in [2.24, 2.45) is 0 Å². The van der Waals surface area contributed by atoms with Crippen molar-refractivity contribution < 1.29 is 14.3 Å². The summed E-state index contributed by atoms with van der Waals surface area (Å²) in [4.78, 5) is 11.5. The Kier molecular flexibility index (Phi) is 4.23. The maximum absolute atomic E-state index is 11.5. The van der Waals surface area contributed by atoms with Gasteiger partial charge in [-0.2, -0.15) is 11.8 Å². The Morgan fingerprint density at radius 1 is 1.73 bits per heavy atom. The van der Waals surface area contributed by atoms with Gasteiger partial charge in [-0.05, 0) is 19.2 Å². The van der Waals surface area contributed by atoms with Crippen molar-refractivity contribution in [3.8, 4) is 0 Å². The zero-order valence-corrected chi connectivity index (χ0v) is 9.63. The SMILES string of the molecule is CSCC(C)(O)CNC(=O)c1ccoc1. The molecule has 4 nitrogen and oxygen atoms in total. The minimum absolute atomic E-state index is 0.231. The smallest absolute Gasteiger partial charge is 0.254 e. The van der Waals surface area contributed by atoms with Gasteiger partial charge in [0.1, 0.15) is 6.26 Å². The maximum atomic E-state index is 11.5. The lowest BCUT2D eigenvalue weighted by molar-refractivity contribution is 0.0724.